The third-order valence-corrected chi connectivity index (χ3v) is 13.5. The summed E-state index contributed by atoms with van der Waals surface area (Å²) in [6, 6.07) is 0. The van der Waals surface area contributed by atoms with Crippen molar-refractivity contribution in [3.8, 4) is 0 Å². The molecular formula is C54H100O12S. The van der Waals surface area contributed by atoms with Gasteiger partial charge in [0, 0.05) is 12.8 Å². The molecule has 12 nitrogen and oxygen atoms in total. The van der Waals surface area contributed by atoms with Crippen LogP contribution < -0.4 is 0 Å². The van der Waals surface area contributed by atoms with Crippen LogP contribution in [0.3, 0.4) is 0 Å². The Bertz CT molecular complexity index is 1320. The molecule has 1 aliphatic heterocycles. The van der Waals surface area contributed by atoms with Crippen LogP contribution in [0.1, 0.15) is 251 Å². The monoisotopic (exact) mass is 973 g/mol. The van der Waals surface area contributed by atoms with E-state index in [1.54, 1.807) is 0 Å². The number of carbonyl (C=O) groups excluding carboxylic acids is 2. The minimum Gasteiger partial charge on any atom is -0.462 e. The average molecular weight is 973 g/mol. The number of unbranched alkanes of at least 4 members (excludes halogenated alkanes) is 31. The molecule has 1 saturated heterocycles. The Balaban J connectivity index is 2.33. The molecule has 1 heterocycles. The Morgan fingerprint density at radius 3 is 1.34 bits per heavy atom. The summed E-state index contributed by atoms with van der Waals surface area (Å²) in [5.74, 6) is -1.98. The number of allylic oxidation sites excluding steroid dienone is 4. The molecule has 394 valence electrons. The Morgan fingerprint density at radius 1 is 0.507 bits per heavy atom. The van der Waals surface area contributed by atoms with Crippen molar-refractivity contribution in [2.24, 2.45) is 0 Å². The second-order valence-electron chi connectivity index (χ2n) is 19.3. The first-order chi connectivity index (χ1) is 32.5. The molecule has 6 atom stereocenters. The molecule has 13 heteroatoms. The Hall–Kier alpha value is -1.87. The van der Waals surface area contributed by atoms with Crippen molar-refractivity contribution in [3.05, 3.63) is 24.3 Å². The molecule has 1 rings (SSSR count). The molecule has 0 bridgehead atoms. The number of hydrogen-bond donors (Lipinski definition) is 4. The quantitative estimate of drug-likeness (QED) is 0.0196. The van der Waals surface area contributed by atoms with Crippen molar-refractivity contribution >= 4 is 22.1 Å². The highest BCUT2D eigenvalue weighted by atomic mass is 32.2. The lowest BCUT2D eigenvalue weighted by Crippen LogP contribution is -2.60. The fraction of sp³-hybridized carbons (Fsp3) is 0.889. The molecule has 0 aromatic rings. The van der Waals surface area contributed by atoms with E-state index in [0.717, 1.165) is 57.8 Å². The molecule has 0 aromatic heterocycles. The van der Waals surface area contributed by atoms with Crippen LogP contribution in [0.5, 0.6) is 0 Å². The maximum absolute atomic E-state index is 12.9. The fourth-order valence-electron chi connectivity index (χ4n) is 8.53. The molecule has 4 N–H and O–H groups in total. The largest absolute Gasteiger partial charge is 0.462 e. The minimum absolute atomic E-state index is 0.168. The van der Waals surface area contributed by atoms with Crippen LogP contribution >= 0.6 is 0 Å². The molecule has 0 aromatic carbocycles. The summed E-state index contributed by atoms with van der Waals surface area (Å²) in [4.78, 5) is 25.6. The number of carbonyl (C=O) groups is 2. The summed E-state index contributed by atoms with van der Waals surface area (Å²) < 4.78 is 54.3. The van der Waals surface area contributed by atoms with E-state index >= 15 is 0 Å². The summed E-state index contributed by atoms with van der Waals surface area (Å²) >= 11 is 0. The summed E-state index contributed by atoms with van der Waals surface area (Å²) in [5, 5.41) is 31.0. The zero-order chi connectivity index (χ0) is 49.1. The zero-order valence-corrected chi connectivity index (χ0v) is 43.3. The summed E-state index contributed by atoms with van der Waals surface area (Å²) in [5.41, 5.74) is 0. The van der Waals surface area contributed by atoms with Gasteiger partial charge in [-0.05, 0) is 44.9 Å². The van der Waals surface area contributed by atoms with E-state index in [-0.39, 0.29) is 19.4 Å². The van der Waals surface area contributed by atoms with Crippen LogP contribution in [0.4, 0.5) is 0 Å². The Labute approximate surface area is 408 Å². The maximum Gasteiger partial charge on any atom is 0.306 e. The van der Waals surface area contributed by atoms with Crippen LogP contribution in [0.2, 0.25) is 0 Å². The normalized spacial score (nSPS) is 19.4. The van der Waals surface area contributed by atoms with E-state index in [2.05, 4.69) is 38.2 Å². The van der Waals surface area contributed by atoms with Gasteiger partial charge in [-0.25, -0.2) is 0 Å². The van der Waals surface area contributed by atoms with Crippen LogP contribution in [-0.2, 0) is 38.7 Å². The van der Waals surface area contributed by atoms with E-state index in [4.69, 9.17) is 18.9 Å². The van der Waals surface area contributed by atoms with Gasteiger partial charge in [-0.1, -0.05) is 218 Å². The molecule has 1 fully saturated rings. The van der Waals surface area contributed by atoms with Crippen molar-refractivity contribution < 1.29 is 56.8 Å². The predicted molar refractivity (Wildman–Crippen MR) is 270 cm³/mol. The highest BCUT2D eigenvalue weighted by Gasteiger charge is 2.46. The van der Waals surface area contributed by atoms with Crippen molar-refractivity contribution in [3.63, 3.8) is 0 Å². The number of rotatable bonds is 47. The molecule has 0 saturated carbocycles. The van der Waals surface area contributed by atoms with Gasteiger partial charge in [0.25, 0.3) is 10.1 Å². The molecular weight excluding hydrogens is 873 g/mol. The van der Waals surface area contributed by atoms with Gasteiger partial charge in [0.05, 0.1) is 6.61 Å². The smallest absolute Gasteiger partial charge is 0.306 e. The maximum atomic E-state index is 12.9. The first kappa shape index (κ1) is 63.1. The second kappa shape index (κ2) is 44.1. The summed E-state index contributed by atoms with van der Waals surface area (Å²) in [6.07, 6.45) is 42.2. The van der Waals surface area contributed by atoms with Gasteiger partial charge >= 0.3 is 11.9 Å². The van der Waals surface area contributed by atoms with E-state index in [9.17, 15) is 37.9 Å². The number of aliphatic hydroxyl groups excluding tert-OH is 3. The van der Waals surface area contributed by atoms with E-state index in [1.807, 2.05) is 0 Å². The molecule has 0 amide bonds. The van der Waals surface area contributed by atoms with E-state index in [1.165, 1.54) is 154 Å². The first-order valence-electron chi connectivity index (χ1n) is 27.4. The number of esters is 2. The van der Waals surface area contributed by atoms with Gasteiger partial charge in [-0.15, -0.1) is 0 Å². The van der Waals surface area contributed by atoms with Crippen molar-refractivity contribution in [2.75, 3.05) is 19.0 Å². The second-order valence-corrected chi connectivity index (χ2v) is 20.8. The minimum atomic E-state index is -4.60. The molecule has 67 heavy (non-hydrogen) atoms. The SMILES string of the molecule is CCCCC/C=C/C/C=C/CCCCCCCCCC(=O)OC[C@H](CO[C@H]1O[C@H](CS(=O)(=O)O)[C@@H](O)C(O)C1O)OC(=O)CCCCCCCCCCCCCCCCCCCCCCCC. The highest BCUT2D eigenvalue weighted by Crippen LogP contribution is 2.24. The van der Waals surface area contributed by atoms with Crippen LogP contribution in [0.15, 0.2) is 24.3 Å². The fourth-order valence-corrected chi connectivity index (χ4v) is 9.22. The van der Waals surface area contributed by atoms with Crippen molar-refractivity contribution in [2.45, 2.75) is 288 Å². The molecule has 1 aliphatic rings. The van der Waals surface area contributed by atoms with Gasteiger partial charge in [-0.2, -0.15) is 8.42 Å². The van der Waals surface area contributed by atoms with Gasteiger partial charge in [0.2, 0.25) is 0 Å². The first-order valence-corrected chi connectivity index (χ1v) is 29.0. The average Bonchev–Trinajstić information content (AvgIpc) is 3.30. The lowest BCUT2D eigenvalue weighted by molar-refractivity contribution is -0.297. The lowest BCUT2D eigenvalue weighted by atomic mass is 10.00. The summed E-state index contributed by atoms with van der Waals surface area (Å²) in [7, 11) is -4.60. The Morgan fingerprint density at radius 2 is 0.896 bits per heavy atom. The third kappa shape index (κ3) is 38.6. The number of aliphatic hydroxyl groups is 3. The van der Waals surface area contributed by atoms with Gasteiger partial charge in [0.1, 0.15) is 36.8 Å². The molecule has 0 radical (unpaired) electrons. The third-order valence-electron chi connectivity index (χ3n) is 12.8. The number of ether oxygens (including phenoxy) is 4. The van der Waals surface area contributed by atoms with Gasteiger partial charge < -0.3 is 34.3 Å². The van der Waals surface area contributed by atoms with Crippen LogP contribution in [0, 0.1) is 0 Å². The van der Waals surface area contributed by atoms with E-state index in [0.29, 0.717) is 12.8 Å². The Kier molecular flexibility index (Phi) is 41.6. The standard InChI is InChI=1S/C54H100O12S/c1-3-5-7-9-11-13-15-17-19-21-22-23-24-25-27-29-31-33-35-37-39-41-43-50(56)65-47(45-64-54-53(59)52(58)51(57)48(66-54)46-67(60,61)62)44-63-49(55)42-40-38-36-34-32-30-28-26-20-18-16-14-12-10-8-6-4-2/h12,14,18,20,47-48,51-54,57-59H,3-11,13,15-17,19,21-46H2,1-2H3,(H,60,61,62)/b14-12+,20-18+/t47-,48-,51-,52?,53?,54+/m1/s1. The zero-order valence-electron chi connectivity index (χ0n) is 42.5. The predicted octanol–water partition coefficient (Wildman–Crippen LogP) is 12.7. The molecule has 0 spiro atoms. The highest BCUT2D eigenvalue weighted by molar-refractivity contribution is 7.85. The molecule has 2 unspecified atom stereocenters. The van der Waals surface area contributed by atoms with Crippen LogP contribution in [0.25, 0.3) is 0 Å². The summed E-state index contributed by atoms with van der Waals surface area (Å²) in [6.45, 7) is 3.78. The molecule has 0 aliphatic carbocycles. The van der Waals surface area contributed by atoms with Crippen molar-refractivity contribution in [1.29, 1.82) is 0 Å². The van der Waals surface area contributed by atoms with Gasteiger partial charge in [-0.3, -0.25) is 14.1 Å². The lowest BCUT2D eigenvalue weighted by Gasteiger charge is -2.40. The van der Waals surface area contributed by atoms with Crippen molar-refractivity contribution in [1.82, 2.24) is 0 Å². The number of hydrogen-bond acceptors (Lipinski definition) is 11. The topological polar surface area (TPSA) is 186 Å². The van der Waals surface area contributed by atoms with E-state index < -0.39 is 71.2 Å². The van der Waals surface area contributed by atoms with Gasteiger partial charge in [0.15, 0.2) is 12.4 Å². The van der Waals surface area contributed by atoms with Crippen LogP contribution in [-0.4, -0.2) is 96.0 Å².